The Labute approximate surface area is 349 Å². The molecule has 2 aromatic rings. The molecule has 0 aromatic heterocycles. The van der Waals surface area contributed by atoms with Crippen LogP contribution in [0.3, 0.4) is 0 Å². The van der Waals surface area contributed by atoms with Gasteiger partial charge in [0.25, 0.3) is 23.6 Å². The van der Waals surface area contributed by atoms with Crippen molar-refractivity contribution in [2.24, 2.45) is 11.5 Å². The average Bonchev–Trinajstić information content (AvgIpc) is 2.98. The Morgan fingerprint density at radius 2 is 0.957 bits per heavy atom. The van der Waals surface area contributed by atoms with Gasteiger partial charge in [-0.05, 0) is 142 Å². The van der Waals surface area contributed by atoms with Crippen molar-refractivity contribution in [2.75, 3.05) is 30.3 Å². The Hall–Kier alpha value is -0.480. The SMILES string of the molecule is CCC(O)CNC(=O)c1c(I)c(NC(=O)CC(=O)Nc2c(I)c(C(N)=O)c(I)c(C(=O)NCC(O)CO)c2I)c(I)c(C(N)=O)c1I. The lowest BCUT2D eigenvalue weighted by molar-refractivity contribution is -0.123. The number of benzene rings is 2. The normalized spacial score (nSPS) is 12.1. The Morgan fingerprint density at radius 3 is 1.28 bits per heavy atom. The number of hydrogen-bond donors (Lipinski definition) is 9. The third kappa shape index (κ3) is 10.8. The summed E-state index contributed by atoms with van der Waals surface area (Å²) in [4.78, 5) is 77.1. The third-order valence-electron chi connectivity index (χ3n) is 6.11. The van der Waals surface area contributed by atoms with E-state index in [9.17, 15) is 39.0 Å². The zero-order valence-electron chi connectivity index (χ0n) is 23.9. The summed E-state index contributed by atoms with van der Waals surface area (Å²) >= 11 is 10.8. The van der Waals surface area contributed by atoms with Gasteiger partial charge in [0, 0.05) is 20.2 Å². The highest BCUT2D eigenvalue weighted by Gasteiger charge is 2.30. The summed E-state index contributed by atoms with van der Waals surface area (Å²) in [5.74, 6) is -4.73. The van der Waals surface area contributed by atoms with E-state index in [1.807, 2.05) is 22.6 Å². The molecular weight excluding hydrogens is 1300 g/mol. The predicted octanol–water partition coefficient (Wildman–Crippen LogP) is 2.06. The van der Waals surface area contributed by atoms with E-state index in [0.717, 1.165) is 0 Å². The number of aliphatic hydroxyl groups excluding tert-OH is 3. The highest BCUT2D eigenvalue weighted by molar-refractivity contribution is 14.1. The van der Waals surface area contributed by atoms with Gasteiger partial charge in [-0.1, -0.05) is 6.92 Å². The molecule has 47 heavy (non-hydrogen) atoms. The van der Waals surface area contributed by atoms with Crippen LogP contribution < -0.4 is 32.7 Å². The lowest BCUT2D eigenvalue weighted by Gasteiger charge is -2.20. The van der Waals surface area contributed by atoms with Crippen LogP contribution in [-0.4, -0.2) is 82.7 Å². The van der Waals surface area contributed by atoms with Gasteiger partial charge in [-0.25, -0.2) is 0 Å². The minimum absolute atomic E-state index is 0.0214. The molecule has 2 unspecified atom stereocenters. The molecule has 0 aliphatic carbocycles. The number of carbonyl (C=O) groups is 6. The lowest BCUT2D eigenvalue weighted by Crippen LogP contribution is -2.35. The first-order chi connectivity index (χ1) is 21.9. The largest absolute Gasteiger partial charge is 0.394 e. The van der Waals surface area contributed by atoms with Gasteiger partial charge in [0.05, 0.1) is 66.7 Å². The van der Waals surface area contributed by atoms with E-state index in [2.05, 4.69) is 21.3 Å². The lowest BCUT2D eigenvalue weighted by atomic mass is 10.1. The molecule has 0 aliphatic rings. The molecule has 0 fully saturated rings. The molecule has 0 radical (unpaired) electrons. The maximum atomic E-state index is 13.2. The summed E-state index contributed by atoms with van der Waals surface area (Å²) in [5.41, 5.74) is 11.2. The van der Waals surface area contributed by atoms with Crippen LogP contribution in [0.1, 0.15) is 61.2 Å². The number of halogens is 6. The molecule has 0 spiro atoms. The van der Waals surface area contributed by atoms with E-state index < -0.39 is 60.7 Å². The van der Waals surface area contributed by atoms with Crippen LogP contribution in [0.4, 0.5) is 11.4 Å². The molecule has 2 rings (SSSR count). The monoisotopic (exact) mass is 1330 g/mol. The van der Waals surface area contributed by atoms with Gasteiger partial charge in [-0.15, -0.1) is 0 Å². The standard InChI is InChI=1S/C26H26I6N6O9/c1-2-7(40)4-35-25(46)13-15(27)11(23(33)44)17(29)21(19(13)31)37-9(42)3-10(43)38-22-18(30)12(24(34)45)16(28)14(20(22)32)26(47)36-5-8(41)6-39/h7-8,39-41H,2-6H2,1H3,(H2,33,44)(H2,34,45)(H,35,46)(H,36,47)(H,37,42)(H,38,43). The molecule has 0 saturated carbocycles. The number of nitrogens with one attached hydrogen (secondary N) is 4. The number of primary amides is 2. The number of carbonyl (C=O) groups excluding carboxylic acids is 6. The minimum Gasteiger partial charge on any atom is -0.394 e. The van der Waals surface area contributed by atoms with Gasteiger partial charge < -0.3 is 48.1 Å². The highest BCUT2D eigenvalue weighted by atomic mass is 127. The molecular formula is C26H26I6N6O9. The molecule has 21 heteroatoms. The summed E-state index contributed by atoms with van der Waals surface area (Å²) < 4.78 is 1.34. The highest BCUT2D eigenvalue weighted by Crippen LogP contribution is 2.37. The van der Waals surface area contributed by atoms with Crippen molar-refractivity contribution < 1.29 is 44.1 Å². The quantitative estimate of drug-likeness (QED) is 0.0990. The van der Waals surface area contributed by atoms with Crippen molar-refractivity contribution in [2.45, 2.75) is 32.0 Å². The summed E-state index contributed by atoms with van der Waals surface area (Å²) in [6, 6.07) is 0. The fraction of sp³-hybridized carbons (Fsp3) is 0.308. The Kier molecular flexibility index (Phi) is 17.5. The molecule has 15 nitrogen and oxygen atoms in total. The smallest absolute Gasteiger partial charge is 0.253 e. The number of nitrogens with two attached hydrogens (primary N) is 2. The van der Waals surface area contributed by atoms with Crippen molar-refractivity contribution in [3.63, 3.8) is 0 Å². The van der Waals surface area contributed by atoms with Crippen LogP contribution >= 0.6 is 136 Å². The molecule has 2 atom stereocenters. The molecule has 256 valence electrons. The Balaban J connectivity index is 2.46. The molecule has 0 bridgehead atoms. The van der Waals surface area contributed by atoms with Crippen LogP contribution in [0.25, 0.3) is 0 Å². The molecule has 6 amide bonds. The fourth-order valence-corrected chi connectivity index (χ4v) is 12.6. The van der Waals surface area contributed by atoms with E-state index in [1.54, 1.807) is 120 Å². The third-order valence-corrected chi connectivity index (χ3v) is 12.6. The minimum atomic E-state index is -1.23. The van der Waals surface area contributed by atoms with Crippen LogP contribution in [0.5, 0.6) is 0 Å². The number of amides is 6. The number of hydrogen-bond acceptors (Lipinski definition) is 9. The van der Waals surface area contributed by atoms with E-state index in [1.165, 1.54) is 0 Å². The van der Waals surface area contributed by atoms with Crippen LogP contribution in [0.2, 0.25) is 0 Å². The maximum Gasteiger partial charge on any atom is 0.253 e. The second-order valence-electron chi connectivity index (χ2n) is 9.45. The number of aliphatic hydroxyl groups is 3. The first-order valence-electron chi connectivity index (χ1n) is 13.0. The molecule has 0 saturated heterocycles. The molecule has 0 heterocycles. The summed E-state index contributed by atoms with van der Waals surface area (Å²) in [6.45, 7) is 0.796. The van der Waals surface area contributed by atoms with Crippen molar-refractivity contribution in [1.82, 2.24) is 10.6 Å². The van der Waals surface area contributed by atoms with Gasteiger partial charge in [-0.2, -0.15) is 0 Å². The maximum absolute atomic E-state index is 13.2. The Bertz CT molecular complexity index is 1520. The second-order valence-corrected chi connectivity index (χ2v) is 15.9. The second kappa shape index (κ2) is 19.2. The van der Waals surface area contributed by atoms with Gasteiger partial charge in [-0.3, -0.25) is 28.8 Å². The molecule has 11 N–H and O–H groups in total. The first-order valence-corrected chi connectivity index (χ1v) is 19.5. The fourth-order valence-electron chi connectivity index (χ4n) is 3.70. The van der Waals surface area contributed by atoms with Crippen LogP contribution in [-0.2, 0) is 9.59 Å². The number of anilines is 2. The van der Waals surface area contributed by atoms with Gasteiger partial charge in [0.2, 0.25) is 11.8 Å². The van der Waals surface area contributed by atoms with Gasteiger partial charge in [0.1, 0.15) is 6.42 Å². The van der Waals surface area contributed by atoms with E-state index in [0.29, 0.717) is 6.42 Å². The van der Waals surface area contributed by atoms with E-state index >= 15 is 0 Å². The zero-order valence-corrected chi connectivity index (χ0v) is 36.8. The van der Waals surface area contributed by atoms with Crippen molar-refractivity contribution in [3.8, 4) is 0 Å². The zero-order chi connectivity index (χ0) is 35.9. The van der Waals surface area contributed by atoms with Gasteiger partial charge >= 0.3 is 0 Å². The number of rotatable bonds is 14. The van der Waals surface area contributed by atoms with Crippen molar-refractivity contribution in [1.29, 1.82) is 0 Å². The Morgan fingerprint density at radius 1 is 0.617 bits per heavy atom. The van der Waals surface area contributed by atoms with Gasteiger partial charge in [0.15, 0.2) is 0 Å². The summed E-state index contributed by atoms with van der Waals surface area (Å²) in [6.07, 6.45) is -2.40. The van der Waals surface area contributed by atoms with Crippen molar-refractivity contribution >= 4 is 182 Å². The first kappa shape index (κ1) is 42.7. The summed E-state index contributed by atoms with van der Waals surface area (Å²) in [7, 11) is 0. The van der Waals surface area contributed by atoms with E-state index in [4.69, 9.17) is 16.6 Å². The summed E-state index contributed by atoms with van der Waals surface area (Å²) in [5, 5.41) is 38.8. The average molecular weight is 1330 g/mol. The predicted molar refractivity (Wildman–Crippen MR) is 222 cm³/mol. The molecule has 0 aliphatic heterocycles. The van der Waals surface area contributed by atoms with Crippen molar-refractivity contribution in [3.05, 3.63) is 43.7 Å². The topological polar surface area (TPSA) is 263 Å². The molecule has 2 aromatic carbocycles. The van der Waals surface area contributed by atoms with E-state index in [-0.39, 0.29) is 68.1 Å². The van der Waals surface area contributed by atoms with Crippen LogP contribution in [0.15, 0.2) is 0 Å². The van der Waals surface area contributed by atoms with Crippen LogP contribution in [0, 0.1) is 21.4 Å².